The second-order valence-electron chi connectivity index (χ2n) is 7.48. The molecule has 0 aliphatic heterocycles. The normalized spacial score (nSPS) is 13.2. The molecule has 0 N–H and O–H groups in total. The first-order valence-electron chi connectivity index (χ1n) is 9.96. The molecule has 0 radical (unpaired) electrons. The molecule has 0 saturated heterocycles. The van der Waals surface area contributed by atoms with Crippen molar-refractivity contribution in [3.63, 3.8) is 0 Å². The van der Waals surface area contributed by atoms with E-state index in [1.54, 1.807) is 18.3 Å². The van der Waals surface area contributed by atoms with Crippen LogP contribution in [0.1, 0.15) is 67.5 Å². The van der Waals surface area contributed by atoms with Crippen LogP contribution in [0.25, 0.3) is 5.65 Å². The first-order valence-corrected chi connectivity index (χ1v) is 10.8. The molecule has 7 heteroatoms. The van der Waals surface area contributed by atoms with Gasteiger partial charge < -0.3 is 0 Å². The molecule has 156 valence electrons. The monoisotopic (exact) mass is 467 g/mol. The summed E-state index contributed by atoms with van der Waals surface area (Å²) in [6, 6.07) is 7.62. The summed E-state index contributed by atoms with van der Waals surface area (Å²) in [5.74, 6) is 0.373. The highest BCUT2D eigenvalue weighted by atomic mass is 79.9. The molecule has 29 heavy (non-hydrogen) atoms. The molecule has 0 bridgehead atoms. The number of rotatable bonds is 8. The Morgan fingerprint density at radius 2 is 1.83 bits per heavy atom. The Morgan fingerprint density at radius 3 is 2.48 bits per heavy atom. The van der Waals surface area contributed by atoms with E-state index in [4.69, 9.17) is 4.98 Å². The van der Waals surface area contributed by atoms with Crippen LogP contribution in [0, 0.1) is 6.92 Å². The fraction of sp³-hybridized carbons (Fsp3) is 0.455. The van der Waals surface area contributed by atoms with E-state index in [1.165, 1.54) is 12.1 Å². The molecule has 0 saturated carbocycles. The van der Waals surface area contributed by atoms with E-state index in [1.807, 2.05) is 11.4 Å². The third-order valence-corrected chi connectivity index (χ3v) is 5.79. The lowest BCUT2D eigenvalue weighted by atomic mass is 9.92. The van der Waals surface area contributed by atoms with Crippen LogP contribution in [0.15, 0.2) is 41.0 Å². The minimum absolute atomic E-state index is 0.373. The van der Waals surface area contributed by atoms with Gasteiger partial charge in [-0.15, -0.1) is 0 Å². The van der Waals surface area contributed by atoms with E-state index < -0.39 is 11.7 Å². The van der Waals surface area contributed by atoms with Crippen LogP contribution in [0.2, 0.25) is 0 Å². The maximum Gasteiger partial charge on any atom is 0.416 e. The van der Waals surface area contributed by atoms with E-state index in [-0.39, 0.29) is 0 Å². The third-order valence-electron chi connectivity index (χ3n) is 5.23. The van der Waals surface area contributed by atoms with Crippen LogP contribution in [0.5, 0.6) is 0 Å². The average Bonchev–Trinajstić information content (AvgIpc) is 3.05. The smallest absolute Gasteiger partial charge is 0.232 e. The van der Waals surface area contributed by atoms with Gasteiger partial charge >= 0.3 is 6.18 Å². The highest BCUT2D eigenvalue weighted by Gasteiger charge is 2.29. The number of aromatic nitrogens is 3. The van der Waals surface area contributed by atoms with E-state index in [2.05, 4.69) is 34.0 Å². The van der Waals surface area contributed by atoms with Crippen molar-refractivity contribution in [2.24, 2.45) is 0 Å². The van der Waals surface area contributed by atoms with Crippen molar-refractivity contribution < 1.29 is 13.2 Å². The van der Waals surface area contributed by atoms with Gasteiger partial charge in [0.1, 0.15) is 0 Å². The van der Waals surface area contributed by atoms with Crippen LogP contribution in [0.4, 0.5) is 13.2 Å². The average molecular weight is 468 g/mol. The maximum atomic E-state index is 12.7. The second kappa shape index (κ2) is 9.28. The van der Waals surface area contributed by atoms with Crippen LogP contribution < -0.4 is 0 Å². The fourth-order valence-electron chi connectivity index (χ4n) is 3.69. The Hall–Kier alpha value is -1.89. The van der Waals surface area contributed by atoms with Crippen LogP contribution in [-0.4, -0.2) is 14.6 Å². The minimum Gasteiger partial charge on any atom is -0.232 e. The number of nitrogens with zero attached hydrogens (tertiary/aromatic N) is 3. The predicted molar refractivity (Wildman–Crippen MR) is 112 cm³/mol. The highest BCUT2D eigenvalue weighted by Crippen LogP contribution is 2.30. The summed E-state index contributed by atoms with van der Waals surface area (Å²) in [6.45, 7) is 4.21. The van der Waals surface area contributed by atoms with E-state index in [0.717, 1.165) is 65.6 Å². The van der Waals surface area contributed by atoms with Crippen LogP contribution in [0.3, 0.4) is 0 Å². The van der Waals surface area contributed by atoms with Gasteiger partial charge in [-0.25, -0.2) is 9.50 Å². The molecular formula is C22H25BrF3N3. The Kier molecular flexibility index (Phi) is 6.98. The molecule has 0 fully saturated rings. The predicted octanol–water partition coefficient (Wildman–Crippen LogP) is 7.12. The number of hydrogen-bond acceptors (Lipinski definition) is 2. The van der Waals surface area contributed by atoms with Gasteiger partial charge in [0.2, 0.25) is 0 Å². The molecule has 1 atom stereocenters. The Balaban J connectivity index is 1.61. The number of unbranched alkanes of at least 4 members (excludes halogenated alkanes) is 1. The number of alkyl halides is 3. The number of halogens is 4. The van der Waals surface area contributed by atoms with Gasteiger partial charge in [-0.2, -0.15) is 18.3 Å². The zero-order chi connectivity index (χ0) is 21.0. The number of aryl methyl sites for hydroxylation is 2. The van der Waals surface area contributed by atoms with Crippen molar-refractivity contribution in [3.8, 4) is 0 Å². The summed E-state index contributed by atoms with van der Waals surface area (Å²) in [5, 5.41) is 4.33. The largest absolute Gasteiger partial charge is 0.416 e. The van der Waals surface area contributed by atoms with Gasteiger partial charge in [-0.3, -0.25) is 0 Å². The van der Waals surface area contributed by atoms with Crippen LogP contribution in [-0.2, 0) is 12.6 Å². The summed E-state index contributed by atoms with van der Waals surface area (Å²) >= 11 is 3.51. The number of fused-ring (bicyclic) bond motifs is 1. The van der Waals surface area contributed by atoms with Crippen molar-refractivity contribution in [1.82, 2.24) is 14.6 Å². The standard InChI is InChI=1S/C22H25BrF3N3/c1-3-6-17(20-13-15(2)29-21(28-20)19(23)14-27-29)8-5-4-7-16-9-11-18(12-10-16)22(24,25)26/h9-14,17H,3-8H2,1-2H3. The first kappa shape index (κ1) is 21.8. The molecule has 3 rings (SSSR count). The number of hydrogen-bond donors (Lipinski definition) is 0. The molecular weight excluding hydrogens is 443 g/mol. The zero-order valence-corrected chi connectivity index (χ0v) is 18.2. The molecule has 3 nitrogen and oxygen atoms in total. The highest BCUT2D eigenvalue weighted by molar-refractivity contribution is 9.10. The lowest BCUT2D eigenvalue weighted by Crippen LogP contribution is -2.06. The summed E-state index contributed by atoms with van der Waals surface area (Å²) in [6.07, 6.45) is 3.39. The summed E-state index contributed by atoms with van der Waals surface area (Å²) in [7, 11) is 0. The van der Waals surface area contributed by atoms with Crippen molar-refractivity contribution in [2.75, 3.05) is 0 Å². The van der Waals surface area contributed by atoms with Gasteiger partial charge in [-0.05, 0) is 72.3 Å². The lowest BCUT2D eigenvalue weighted by Gasteiger charge is -2.17. The van der Waals surface area contributed by atoms with E-state index >= 15 is 0 Å². The maximum absolute atomic E-state index is 12.7. The molecule has 0 aliphatic rings. The molecule has 0 amide bonds. The Labute approximate surface area is 177 Å². The van der Waals surface area contributed by atoms with E-state index in [0.29, 0.717) is 5.92 Å². The molecule has 2 heterocycles. The lowest BCUT2D eigenvalue weighted by molar-refractivity contribution is -0.137. The molecule has 1 unspecified atom stereocenters. The summed E-state index contributed by atoms with van der Waals surface area (Å²) in [5.41, 5.74) is 3.34. The fourth-order valence-corrected chi connectivity index (χ4v) is 4.04. The minimum atomic E-state index is -4.28. The van der Waals surface area contributed by atoms with Gasteiger partial charge in [-0.1, -0.05) is 31.9 Å². The van der Waals surface area contributed by atoms with Crippen LogP contribution >= 0.6 is 15.9 Å². The van der Waals surface area contributed by atoms with E-state index in [9.17, 15) is 13.2 Å². The second-order valence-corrected chi connectivity index (χ2v) is 8.33. The van der Waals surface area contributed by atoms with Gasteiger partial charge in [0.15, 0.2) is 5.65 Å². The van der Waals surface area contributed by atoms with Crippen molar-refractivity contribution in [3.05, 3.63) is 63.5 Å². The molecule has 1 aromatic carbocycles. The third kappa shape index (κ3) is 5.38. The van der Waals surface area contributed by atoms with Gasteiger partial charge in [0, 0.05) is 17.3 Å². The van der Waals surface area contributed by atoms with Crippen molar-refractivity contribution in [2.45, 2.75) is 64.5 Å². The van der Waals surface area contributed by atoms with Gasteiger partial charge in [0.25, 0.3) is 0 Å². The molecule has 2 aromatic heterocycles. The summed E-state index contributed by atoms with van der Waals surface area (Å²) < 4.78 is 40.7. The SMILES string of the molecule is CCCC(CCCCc1ccc(C(F)(F)F)cc1)c1cc(C)n2ncc(Br)c2n1. The first-order chi connectivity index (χ1) is 13.8. The zero-order valence-electron chi connectivity index (χ0n) is 16.6. The van der Waals surface area contributed by atoms with Gasteiger partial charge in [0.05, 0.1) is 16.2 Å². The molecule has 3 aromatic rings. The summed E-state index contributed by atoms with van der Waals surface area (Å²) in [4.78, 5) is 4.83. The molecule has 0 spiro atoms. The van der Waals surface area contributed by atoms with Crippen molar-refractivity contribution in [1.29, 1.82) is 0 Å². The Bertz CT molecular complexity index is 948. The molecule has 0 aliphatic carbocycles. The quantitative estimate of drug-likeness (QED) is 0.330. The Morgan fingerprint density at radius 1 is 1.10 bits per heavy atom. The topological polar surface area (TPSA) is 30.2 Å². The number of benzene rings is 1. The van der Waals surface area contributed by atoms with Crippen molar-refractivity contribution >= 4 is 21.6 Å².